The van der Waals surface area contributed by atoms with Crippen LogP contribution in [0.15, 0.2) is 20.1 Å². The largest absolute Gasteiger partial charge is 0.426 e. The first-order valence-electron chi connectivity index (χ1n) is 5.63. The fraction of sp³-hybridized carbons (Fsp3) is 0.333. The van der Waals surface area contributed by atoms with Crippen LogP contribution in [0.1, 0.15) is 0 Å². The Hall–Kier alpha value is -0.940. The highest BCUT2D eigenvalue weighted by atomic mass is 35.5. The van der Waals surface area contributed by atoms with Gasteiger partial charge in [-0.1, -0.05) is 58.2 Å². The van der Waals surface area contributed by atoms with Crippen LogP contribution in [0.5, 0.6) is 0 Å². The van der Waals surface area contributed by atoms with Crippen molar-refractivity contribution in [3.05, 3.63) is 20.1 Å². The lowest BCUT2D eigenvalue weighted by Gasteiger charge is -2.09. The molecule has 0 bridgehead atoms. The molecular weight excluding hydrogens is 382 g/mol. The van der Waals surface area contributed by atoms with E-state index in [-0.39, 0.29) is 33.3 Å². The van der Waals surface area contributed by atoms with Gasteiger partial charge in [0.2, 0.25) is 12.6 Å². The molecule has 2 rings (SSSR count). The maximum Gasteiger partial charge on any atom is 0.353 e. The second kappa shape index (κ2) is 7.55. The highest BCUT2D eigenvalue weighted by Gasteiger charge is 2.33. The molecule has 0 N–H and O–H groups in total. The zero-order chi connectivity index (χ0) is 16.3. The summed E-state index contributed by atoms with van der Waals surface area (Å²) in [5, 5.41) is -0.503. The number of esters is 2. The van der Waals surface area contributed by atoms with Crippen molar-refractivity contribution < 1.29 is 28.5 Å². The Morgan fingerprint density at radius 1 is 0.818 bits per heavy atom. The molecule has 0 aromatic heterocycles. The minimum atomic E-state index is -1.07. The molecule has 0 spiro atoms. The second-order valence-electron chi connectivity index (χ2n) is 3.77. The highest BCUT2D eigenvalue weighted by Crippen LogP contribution is 2.29. The third-order valence-electron chi connectivity index (χ3n) is 2.36. The number of hydrogen-bond acceptors (Lipinski definition) is 6. The van der Waals surface area contributed by atoms with Gasteiger partial charge in [0.25, 0.3) is 0 Å². The predicted octanol–water partition coefficient (Wildman–Crippen LogP) is 2.17. The van der Waals surface area contributed by atoms with E-state index in [4.69, 9.17) is 65.4 Å². The third-order valence-corrected chi connectivity index (χ3v) is 4.00. The van der Waals surface area contributed by atoms with E-state index in [1.807, 2.05) is 0 Å². The summed E-state index contributed by atoms with van der Waals surface area (Å²) in [6.45, 7) is -0.174. The van der Waals surface area contributed by atoms with Gasteiger partial charge in [0.15, 0.2) is 0 Å². The standard InChI is InChI=1S/C12H6Cl4O6/c13-5-7(15)11(21-9(5)17)19-3-1-2-4-20-12-8(16)6(14)10(18)22-12/h11-12H,3-4H2. The van der Waals surface area contributed by atoms with Crippen molar-refractivity contribution in [2.45, 2.75) is 12.6 Å². The van der Waals surface area contributed by atoms with Crippen LogP contribution < -0.4 is 0 Å². The van der Waals surface area contributed by atoms with E-state index in [1.165, 1.54) is 0 Å². The van der Waals surface area contributed by atoms with Crippen molar-refractivity contribution in [3.63, 3.8) is 0 Å². The number of ether oxygens (including phenoxy) is 4. The number of halogens is 4. The molecule has 2 heterocycles. The Labute approximate surface area is 144 Å². The number of carbonyl (C=O) groups is 2. The Kier molecular flexibility index (Phi) is 5.98. The normalized spacial score (nSPS) is 24.4. The number of carbonyl (C=O) groups excluding carboxylic acids is 2. The molecule has 118 valence electrons. The lowest BCUT2D eigenvalue weighted by atomic mass is 10.5. The van der Waals surface area contributed by atoms with Gasteiger partial charge in [0.05, 0.1) is 0 Å². The molecule has 6 nitrogen and oxygen atoms in total. The monoisotopic (exact) mass is 386 g/mol. The second-order valence-corrected chi connectivity index (χ2v) is 5.34. The smallest absolute Gasteiger partial charge is 0.353 e. The summed E-state index contributed by atoms with van der Waals surface area (Å²) >= 11 is 22.5. The van der Waals surface area contributed by atoms with Crippen LogP contribution >= 0.6 is 46.4 Å². The molecule has 0 saturated heterocycles. The molecule has 2 aliphatic heterocycles. The zero-order valence-corrected chi connectivity index (χ0v) is 13.6. The van der Waals surface area contributed by atoms with Crippen molar-refractivity contribution in [1.82, 2.24) is 0 Å². The average molecular weight is 388 g/mol. The topological polar surface area (TPSA) is 71.1 Å². The van der Waals surface area contributed by atoms with E-state index in [0.29, 0.717) is 0 Å². The third kappa shape index (κ3) is 3.87. The molecule has 0 aromatic carbocycles. The SMILES string of the molecule is O=C1OC(OCC#CCOC2OC(=O)C(Cl)=C2Cl)C(Cl)=C1Cl. The van der Waals surface area contributed by atoms with E-state index < -0.39 is 24.5 Å². The molecule has 0 amide bonds. The van der Waals surface area contributed by atoms with Gasteiger partial charge in [0, 0.05) is 0 Å². The van der Waals surface area contributed by atoms with Crippen LogP contribution in [0.2, 0.25) is 0 Å². The van der Waals surface area contributed by atoms with Crippen LogP contribution in [0.25, 0.3) is 0 Å². The average Bonchev–Trinajstić information content (AvgIpc) is 2.88. The highest BCUT2D eigenvalue weighted by molar-refractivity contribution is 6.49. The summed E-state index contributed by atoms with van der Waals surface area (Å²) in [6, 6.07) is 0. The first-order valence-corrected chi connectivity index (χ1v) is 7.14. The van der Waals surface area contributed by atoms with Crippen molar-refractivity contribution in [2.75, 3.05) is 13.2 Å². The summed E-state index contributed by atoms with van der Waals surface area (Å²) in [5.74, 6) is 3.65. The summed E-state index contributed by atoms with van der Waals surface area (Å²) in [5.41, 5.74) is 0. The molecular formula is C12H6Cl4O6. The van der Waals surface area contributed by atoms with E-state index in [1.54, 1.807) is 0 Å². The Bertz CT molecular complexity index is 577. The number of rotatable bonds is 4. The quantitative estimate of drug-likeness (QED) is 0.543. The van der Waals surface area contributed by atoms with Crippen LogP contribution in [0, 0.1) is 11.8 Å². The van der Waals surface area contributed by atoms with Crippen molar-refractivity contribution in [1.29, 1.82) is 0 Å². The maximum atomic E-state index is 11.1. The number of cyclic esters (lactones) is 2. The molecule has 22 heavy (non-hydrogen) atoms. The van der Waals surface area contributed by atoms with Crippen LogP contribution in [0.4, 0.5) is 0 Å². The van der Waals surface area contributed by atoms with Gasteiger partial charge >= 0.3 is 11.9 Å². The van der Waals surface area contributed by atoms with E-state index in [9.17, 15) is 9.59 Å². The molecule has 0 fully saturated rings. The Morgan fingerprint density at radius 2 is 1.18 bits per heavy atom. The first kappa shape index (κ1) is 17.4. The van der Waals surface area contributed by atoms with Crippen LogP contribution in [-0.2, 0) is 28.5 Å². The van der Waals surface area contributed by atoms with E-state index in [0.717, 1.165) is 0 Å². The van der Waals surface area contributed by atoms with E-state index >= 15 is 0 Å². The first-order chi connectivity index (χ1) is 10.4. The lowest BCUT2D eigenvalue weighted by Crippen LogP contribution is -2.15. The molecule has 2 aliphatic rings. The molecule has 10 heteroatoms. The van der Waals surface area contributed by atoms with Crippen molar-refractivity contribution in [2.24, 2.45) is 0 Å². The minimum absolute atomic E-state index is 0.0332. The van der Waals surface area contributed by atoms with Gasteiger partial charge in [0.1, 0.15) is 33.3 Å². The van der Waals surface area contributed by atoms with Crippen LogP contribution in [-0.4, -0.2) is 37.7 Å². The number of hydrogen-bond donors (Lipinski definition) is 0. The van der Waals surface area contributed by atoms with Gasteiger partial charge in [-0.25, -0.2) is 9.59 Å². The fourth-order valence-corrected chi connectivity index (χ4v) is 1.99. The van der Waals surface area contributed by atoms with Gasteiger partial charge in [-0.15, -0.1) is 0 Å². The van der Waals surface area contributed by atoms with Gasteiger partial charge in [-0.05, 0) is 0 Å². The summed E-state index contributed by atoms with van der Waals surface area (Å²) in [6.07, 6.45) is -2.13. The predicted molar refractivity (Wildman–Crippen MR) is 76.9 cm³/mol. The van der Waals surface area contributed by atoms with Crippen LogP contribution in [0.3, 0.4) is 0 Å². The Balaban J connectivity index is 1.71. The summed E-state index contributed by atoms with van der Waals surface area (Å²) in [4.78, 5) is 22.1. The van der Waals surface area contributed by atoms with Crippen molar-refractivity contribution in [3.8, 4) is 11.8 Å². The zero-order valence-electron chi connectivity index (χ0n) is 10.5. The maximum absolute atomic E-state index is 11.1. The van der Waals surface area contributed by atoms with Gasteiger partial charge in [-0.3, -0.25) is 0 Å². The van der Waals surface area contributed by atoms with Gasteiger partial charge < -0.3 is 18.9 Å². The molecule has 0 aromatic rings. The minimum Gasteiger partial charge on any atom is -0.426 e. The Morgan fingerprint density at radius 3 is 1.45 bits per heavy atom. The molecule has 2 atom stereocenters. The van der Waals surface area contributed by atoms with E-state index in [2.05, 4.69) is 11.8 Å². The van der Waals surface area contributed by atoms with Gasteiger partial charge in [-0.2, -0.15) is 0 Å². The fourth-order valence-electron chi connectivity index (χ4n) is 1.35. The molecule has 0 radical (unpaired) electrons. The lowest BCUT2D eigenvalue weighted by molar-refractivity contribution is -0.158. The van der Waals surface area contributed by atoms with Crippen molar-refractivity contribution >= 4 is 58.3 Å². The summed E-state index contributed by atoms with van der Waals surface area (Å²) < 4.78 is 19.6. The molecule has 0 saturated carbocycles. The molecule has 0 aliphatic carbocycles. The molecule has 2 unspecified atom stereocenters. The summed E-state index contributed by atoms with van der Waals surface area (Å²) in [7, 11) is 0.